The number of hydrogen-bond acceptors (Lipinski definition) is 2. The molecular formula is C32H23NO. The second-order valence-electron chi connectivity index (χ2n) is 9.05. The van der Waals surface area contributed by atoms with E-state index in [0.717, 1.165) is 17.2 Å². The third-order valence-electron chi connectivity index (χ3n) is 7.16. The van der Waals surface area contributed by atoms with E-state index in [9.17, 15) is 0 Å². The predicted molar refractivity (Wildman–Crippen MR) is 138 cm³/mol. The lowest BCUT2D eigenvalue weighted by atomic mass is 9.61. The third kappa shape index (κ3) is 2.45. The van der Waals surface area contributed by atoms with Gasteiger partial charge in [-0.15, -0.1) is 0 Å². The molecule has 34 heavy (non-hydrogen) atoms. The van der Waals surface area contributed by atoms with E-state index in [1.807, 2.05) is 0 Å². The van der Waals surface area contributed by atoms with E-state index in [1.54, 1.807) is 0 Å². The van der Waals surface area contributed by atoms with Gasteiger partial charge in [0.05, 0.1) is 16.8 Å². The standard InChI is InChI=1S/C32H23NO/c1-22-19-20-25-29(21-22)33(23-11-3-2-4-12-23)28-16-8-5-13-24(28)32(25)26-14-6-9-17-30(26)34-31-18-10-7-15-27(31)32/h2-21H,1H3. The number of aryl methyl sites for hydroxylation is 1. The zero-order chi connectivity index (χ0) is 22.7. The Morgan fingerprint density at radius 1 is 0.529 bits per heavy atom. The van der Waals surface area contributed by atoms with Gasteiger partial charge in [-0.25, -0.2) is 0 Å². The molecule has 0 aromatic heterocycles. The van der Waals surface area contributed by atoms with Crippen molar-refractivity contribution in [3.63, 3.8) is 0 Å². The first-order chi connectivity index (χ1) is 16.8. The lowest BCUT2D eigenvalue weighted by Crippen LogP contribution is -2.39. The Morgan fingerprint density at radius 3 is 1.79 bits per heavy atom. The number of rotatable bonds is 1. The van der Waals surface area contributed by atoms with Crippen molar-refractivity contribution >= 4 is 17.1 Å². The van der Waals surface area contributed by atoms with Crippen LogP contribution in [0.3, 0.4) is 0 Å². The highest BCUT2D eigenvalue weighted by atomic mass is 16.5. The number of fused-ring (bicyclic) bond motifs is 8. The Hall–Kier alpha value is -4.30. The van der Waals surface area contributed by atoms with Gasteiger partial charge in [-0.3, -0.25) is 0 Å². The molecule has 2 heteroatoms. The average Bonchev–Trinajstić information content (AvgIpc) is 2.89. The lowest BCUT2D eigenvalue weighted by Gasteiger charge is -2.48. The zero-order valence-corrected chi connectivity index (χ0v) is 18.9. The summed E-state index contributed by atoms with van der Waals surface area (Å²) in [5, 5.41) is 0. The van der Waals surface area contributed by atoms with Crippen LogP contribution in [0.4, 0.5) is 17.1 Å². The van der Waals surface area contributed by atoms with Crippen molar-refractivity contribution in [1.82, 2.24) is 0 Å². The molecular weight excluding hydrogens is 414 g/mol. The Balaban J connectivity index is 1.68. The summed E-state index contributed by atoms with van der Waals surface area (Å²) < 4.78 is 6.46. The van der Waals surface area contributed by atoms with Crippen molar-refractivity contribution in [2.45, 2.75) is 12.3 Å². The summed E-state index contributed by atoms with van der Waals surface area (Å²) in [7, 11) is 0. The van der Waals surface area contributed by atoms with E-state index in [-0.39, 0.29) is 0 Å². The molecule has 0 saturated carbocycles. The van der Waals surface area contributed by atoms with Crippen LogP contribution >= 0.6 is 0 Å². The van der Waals surface area contributed by atoms with Gasteiger partial charge < -0.3 is 9.64 Å². The van der Waals surface area contributed by atoms with Crippen LogP contribution in [-0.2, 0) is 5.41 Å². The maximum atomic E-state index is 6.46. The Kier molecular flexibility index (Phi) is 4.01. The molecule has 0 aliphatic carbocycles. The summed E-state index contributed by atoms with van der Waals surface area (Å²) >= 11 is 0. The van der Waals surface area contributed by atoms with Gasteiger partial charge >= 0.3 is 0 Å². The molecule has 7 rings (SSSR count). The molecule has 0 atom stereocenters. The number of benzene rings is 5. The topological polar surface area (TPSA) is 12.5 Å². The van der Waals surface area contributed by atoms with Crippen molar-refractivity contribution in [3.05, 3.63) is 149 Å². The minimum atomic E-state index is -0.476. The van der Waals surface area contributed by atoms with Crippen molar-refractivity contribution in [3.8, 4) is 11.5 Å². The van der Waals surface area contributed by atoms with E-state index in [4.69, 9.17) is 4.74 Å². The number of hydrogen-bond donors (Lipinski definition) is 0. The Bertz CT molecular complexity index is 1510. The molecule has 2 heterocycles. The summed E-state index contributed by atoms with van der Waals surface area (Å²) in [5.41, 5.74) is 9.21. The first-order valence-corrected chi connectivity index (χ1v) is 11.7. The molecule has 0 saturated heterocycles. The highest BCUT2D eigenvalue weighted by molar-refractivity contribution is 5.91. The largest absolute Gasteiger partial charge is 0.457 e. The van der Waals surface area contributed by atoms with Gasteiger partial charge in [-0.2, -0.15) is 0 Å². The van der Waals surface area contributed by atoms with E-state index < -0.39 is 5.41 Å². The van der Waals surface area contributed by atoms with Crippen molar-refractivity contribution < 1.29 is 4.74 Å². The minimum Gasteiger partial charge on any atom is -0.457 e. The maximum absolute atomic E-state index is 6.46. The fourth-order valence-corrected chi connectivity index (χ4v) is 5.83. The molecule has 2 nitrogen and oxygen atoms in total. The number of ether oxygens (including phenoxy) is 1. The normalized spacial score (nSPS) is 14.4. The molecule has 0 amide bonds. The molecule has 5 aromatic carbocycles. The molecule has 1 spiro atoms. The fourth-order valence-electron chi connectivity index (χ4n) is 5.83. The molecule has 0 unspecified atom stereocenters. The molecule has 0 bridgehead atoms. The summed E-state index contributed by atoms with van der Waals surface area (Å²) in [4.78, 5) is 2.41. The number of para-hydroxylation sites is 4. The summed E-state index contributed by atoms with van der Waals surface area (Å²) in [6, 6.07) is 43.4. The summed E-state index contributed by atoms with van der Waals surface area (Å²) in [6.45, 7) is 2.17. The summed E-state index contributed by atoms with van der Waals surface area (Å²) in [6.07, 6.45) is 0. The maximum Gasteiger partial charge on any atom is 0.132 e. The Morgan fingerprint density at radius 2 is 1.09 bits per heavy atom. The van der Waals surface area contributed by atoms with Gasteiger partial charge in [-0.05, 0) is 60.0 Å². The van der Waals surface area contributed by atoms with E-state index in [2.05, 4.69) is 133 Å². The van der Waals surface area contributed by atoms with Gasteiger partial charge in [0.25, 0.3) is 0 Å². The molecule has 2 aliphatic rings. The van der Waals surface area contributed by atoms with Crippen molar-refractivity contribution in [2.75, 3.05) is 4.90 Å². The van der Waals surface area contributed by atoms with Crippen molar-refractivity contribution in [2.24, 2.45) is 0 Å². The third-order valence-corrected chi connectivity index (χ3v) is 7.16. The SMILES string of the molecule is Cc1ccc2c(c1)N(c1ccccc1)c1ccccc1C21c2ccccc2Oc2ccccc21. The van der Waals surface area contributed by atoms with Crippen LogP contribution in [-0.4, -0.2) is 0 Å². The average molecular weight is 438 g/mol. The van der Waals surface area contributed by atoms with Crippen LogP contribution in [0, 0.1) is 6.92 Å². The fraction of sp³-hybridized carbons (Fsp3) is 0.0625. The van der Waals surface area contributed by atoms with E-state index in [1.165, 1.54) is 39.2 Å². The minimum absolute atomic E-state index is 0.476. The van der Waals surface area contributed by atoms with Gasteiger partial charge in [0.2, 0.25) is 0 Å². The molecule has 0 fully saturated rings. The second-order valence-corrected chi connectivity index (χ2v) is 9.05. The first-order valence-electron chi connectivity index (χ1n) is 11.7. The quantitative estimate of drug-likeness (QED) is 0.256. The van der Waals surface area contributed by atoms with Gasteiger partial charge in [-0.1, -0.05) is 84.9 Å². The van der Waals surface area contributed by atoms with Gasteiger partial charge in [0.15, 0.2) is 0 Å². The van der Waals surface area contributed by atoms with E-state index in [0.29, 0.717) is 0 Å². The molecule has 5 aromatic rings. The van der Waals surface area contributed by atoms with Crippen LogP contribution < -0.4 is 9.64 Å². The first kappa shape index (κ1) is 19.2. The lowest BCUT2D eigenvalue weighted by molar-refractivity contribution is 0.434. The number of anilines is 3. The second kappa shape index (κ2) is 7.10. The molecule has 0 radical (unpaired) electrons. The van der Waals surface area contributed by atoms with Crippen LogP contribution in [0.25, 0.3) is 0 Å². The predicted octanol–water partition coefficient (Wildman–Crippen LogP) is 8.27. The van der Waals surface area contributed by atoms with E-state index >= 15 is 0 Å². The van der Waals surface area contributed by atoms with Crippen LogP contribution in [0.15, 0.2) is 121 Å². The molecule has 2 aliphatic heterocycles. The molecule has 0 N–H and O–H groups in total. The van der Waals surface area contributed by atoms with Crippen LogP contribution in [0.1, 0.15) is 27.8 Å². The Labute approximate surface area is 199 Å². The van der Waals surface area contributed by atoms with Crippen LogP contribution in [0.2, 0.25) is 0 Å². The van der Waals surface area contributed by atoms with Crippen molar-refractivity contribution in [1.29, 1.82) is 0 Å². The monoisotopic (exact) mass is 437 g/mol. The summed E-state index contributed by atoms with van der Waals surface area (Å²) in [5.74, 6) is 1.83. The van der Waals surface area contributed by atoms with Crippen LogP contribution in [0.5, 0.6) is 11.5 Å². The van der Waals surface area contributed by atoms with Gasteiger partial charge in [0, 0.05) is 16.8 Å². The molecule has 162 valence electrons. The number of nitrogens with zero attached hydrogens (tertiary/aromatic N) is 1. The highest BCUT2D eigenvalue weighted by Gasteiger charge is 2.50. The highest BCUT2D eigenvalue weighted by Crippen LogP contribution is 2.62. The zero-order valence-electron chi connectivity index (χ0n) is 18.9. The smallest absolute Gasteiger partial charge is 0.132 e. The van der Waals surface area contributed by atoms with Gasteiger partial charge in [0.1, 0.15) is 11.5 Å².